The quantitative estimate of drug-likeness (QED) is 0.748. The van der Waals surface area contributed by atoms with Gasteiger partial charge in [-0.25, -0.2) is 0 Å². The third kappa shape index (κ3) is 4.98. The molecule has 0 spiro atoms. The summed E-state index contributed by atoms with van der Waals surface area (Å²) >= 11 is 0. The lowest BCUT2D eigenvalue weighted by molar-refractivity contribution is 0.0926. The molecule has 90 valence electrons. The molecule has 0 aliphatic heterocycles. The molecule has 0 fully saturated rings. The van der Waals surface area contributed by atoms with Gasteiger partial charge in [0.15, 0.2) is 5.76 Å². The van der Waals surface area contributed by atoms with Crippen LogP contribution in [0, 0.1) is 5.41 Å². The molecule has 0 bridgehead atoms. The molecule has 1 heterocycles. The summed E-state index contributed by atoms with van der Waals surface area (Å²) in [7, 11) is 0. The second-order valence-corrected chi connectivity index (χ2v) is 4.97. The molecule has 0 saturated heterocycles. The number of amides is 1. The molecular formula is C12H20N2O2. The minimum atomic E-state index is -0.164. The van der Waals surface area contributed by atoms with Gasteiger partial charge < -0.3 is 15.1 Å². The lowest BCUT2D eigenvalue weighted by Crippen LogP contribution is -2.35. The summed E-state index contributed by atoms with van der Waals surface area (Å²) in [5.74, 6) is 0.193. The number of hydrogen-bond acceptors (Lipinski definition) is 3. The van der Waals surface area contributed by atoms with E-state index in [1.54, 1.807) is 12.1 Å². The van der Waals surface area contributed by atoms with E-state index in [0.717, 1.165) is 13.1 Å². The van der Waals surface area contributed by atoms with Gasteiger partial charge in [-0.3, -0.25) is 4.79 Å². The van der Waals surface area contributed by atoms with E-state index in [2.05, 4.69) is 31.4 Å². The van der Waals surface area contributed by atoms with Gasteiger partial charge in [0.2, 0.25) is 0 Å². The van der Waals surface area contributed by atoms with Crippen LogP contribution in [0.4, 0.5) is 0 Å². The summed E-state index contributed by atoms with van der Waals surface area (Å²) < 4.78 is 4.97. The van der Waals surface area contributed by atoms with E-state index in [-0.39, 0.29) is 11.3 Å². The molecule has 0 unspecified atom stereocenters. The minimum Gasteiger partial charge on any atom is -0.459 e. The Labute approximate surface area is 96.4 Å². The summed E-state index contributed by atoms with van der Waals surface area (Å²) in [6.45, 7) is 8.81. The van der Waals surface area contributed by atoms with Gasteiger partial charge in [0.1, 0.15) is 0 Å². The standard InChI is InChI=1S/C12H20N2O2/c1-12(2,3)9-13-6-7-14-11(15)10-5-4-8-16-10/h4-5,8,13H,6-7,9H2,1-3H3,(H,14,15). The van der Waals surface area contributed by atoms with Crippen molar-refractivity contribution in [1.82, 2.24) is 10.6 Å². The third-order valence-electron chi connectivity index (χ3n) is 1.99. The number of furan rings is 1. The van der Waals surface area contributed by atoms with Gasteiger partial charge in [-0.2, -0.15) is 0 Å². The zero-order valence-electron chi connectivity index (χ0n) is 10.2. The molecule has 0 saturated carbocycles. The van der Waals surface area contributed by atoms with Crippen molar-refractivity contribution in [2.75, 3.05) is 19.6 Å². The van der Waals surface area contributed by atoms with Crippen molar-refractivity contribution in [2.24, 2.45) is 5.41 Å². The van der Waals surface area contributed by atoms with Crippen molar-refractivity contribution >= 4 is 5.91 Å². The molecular weight excluding hydrogens is 204 g/mol. The molecule has 0 aliphatic carbocycles. The maximum Gasteiger partial charge on any atom is 0.287 e. The van der Waals surface area contributed by atoms with E-state index >= 15 is 0 Å². The molecule has 1 aromatic heterocycles. The molecule has 1 rings (SSSR count). The van der Waals surface area contributed by atoms with Gasteiger partial charge in [-0.15, -0.1) is 0 Å². The van der Waals surface area contributed by atoms with Crippen molar-refractivity contribution in [3.8, 4) is 0 Å². The number of carbonyl (C=O) groups is 1. The predicted molar refractivity (Wildman–Crippen MR) is 63.4 cm³/mol. The second kappa shape index (κ2) is 5.70. The van der Waals surface area contributed by atoms with Gasteiger partial charge in [0.05, 0.1) is 6.26 Å². The van der Waals surface area contributed by atoms with Crippen molar-refractivity contribution in [3.63, 3.8) is 0 Å². The smallest absolute Gasteiger partial charge is 0.287 e. The summed E-state index contributed by atoms with van der Waals surface area (Å²) in [5.41, 5.74) is 0.269. The van der Waals surface area contributed by atoms with Crippen molar-refractivity contribution < 1.29 is 9.21 Å². The first-order valence-electron chi connectivity index (χ1n) is 5.51. The van der Waals surface area contributed by atoms with Crippen LogP contribution >= 0.6 is 0 Å². The first-order valence-corrected chi connectivity index (χ1v) is 5.51. The molecule has 0 atom stereocenters. The average Bonchev–Trinajstić information content (AvgIpc) is 2.67. The third-order valence-corrected chi connectivity index (χ3v) is 1.99. The Morgan fingerprint density at radius 1 is 1.38 bits per heavy atom. The lowest BCUT2D eigenvalue weighted by Gasteiger charge is -2.18. The fraction of sp³-hybridized carbons (Fsp3) is 0.583. The Bertz CT molecular complexity index is 312. The number of carbonyl (C=O) groups excluding carboxylic acids is 1. The van der Waals surface area contributed by atoms with Crippen LogP contribution in [-0.4, -0.2) is 25.5 Å². The van der Waals surface area contributed by atoms with Gasteiger partial charge in [0, 0.05) is 19.6 Å². The summed E-state index contributed by atoms with van der Waals surface area (Å²) in [6.07, 6.45) is 1.49. The Balaban J connectivity index is 2.10. The second-order valence-electron chi connectivity index (χ2n) is 4.97. The highest BCUT2D eigenvalue weighted by Gasteiger charge is 2.09. The highest BCUT2D eigenvalue weighted by atomic mass is 16.3. The van der Waals surface area contributed by atoms with Gasteiger partial charge in [0.25, 0.3) is 5.91 Å². The normalized spacial score (nSPS) is 11.4. The zero-order valence-corrected chi connectivity index (χ0v) is 10.2. The fourth-order valence-electron chi connectivity index (χ4n) is 1.22. The van der Waals surface area contributed by atoms with Gasteiger partial charge >= 0.3 is 0 Å². The molecule has 1 amide bonds. The molecule has 4 heteroatoms. The maximum absolute atomic E-state index is 11.4. The van der Waals surface area contributed by atoms with Crippen LogP contribution in [0.3, 0.4) is 0 Å². The Morgan fingerprint density at radius 3 is 2.69 bits per heavy atom. The van der Waals surface area contributed by atoms with Crippen molar-refractivity contribution in [3.05, 3.63) is 24.2 Å². The van der Waals surface area contributed by atoms with E-state index in [9.17, 15) is 4.79 Å². The highest BCUT2D eigenvalue weighted by molar-refractivity contribution is 5.91. The fourth-order valence-corrected chi connectivity index (χ4v) is 1.22. The lowest BCUT2D eigenvalue weighted by atomic mass is 9.97. The van der Waals surface area contributed by atoms with E-state index in [0.29, 0.717) is 12.3 Å². The van der Waals surface area contributed by atoms with E-state index in [4.69, 9.17) is 4.42 Å². The first kappa shape index (κ1) is 12.8. The average molecular weight is 224 g/mol. The van der Waals surface area contributed by atoms with Crippen LogP contribution in [-0.2, 0) is 0 Å². The zero-order chi connectivity index (χ0) is 12.0. The Morgan fingerprint density at radius 2 is 2.12 bits per heavy atom. The summed E-state index contributed by atoms with van der Waals surface area (Å²) in [6, 6.07) is 3.35. The van der Waals surface area contributed by atoms with Crippen LogP contribution in [0.5, 0.6) is 0 Å². The predicted octanol–water partition coefficient (Wildman–Crippen LogP) is 1.65. The van der Waals surface area contributed by atoms with E-state index in [1.807, 2.05) is 0 Å². The molecule has 0 aromatic carbocycles. The van der Waals surface area contributed by atoms with Gasteiger partial charge in [-0.1, -0.05) is 20.8 Å². The Kier molecular flexibility index (Phi) is 4.55. The molecule has 2 N–H and O–H groups in total. The SMILES string of the molecule is CC(C)(C)CNCCNC(=O)c1ccco1. The summed E-state index contributed by atoms with van der Waals surface area (Å²) in [4.78, 5) is 11.4. The van der Waals surface area contributed by atoms with Gasteiger partial charge in [-0.05, 0) is 17.5 Å². The molecule has 16 heavy (non-hydrogen) atoms. The van der Waals surface area contributed by atoms with Crippen LogP contribution in [0.15, 0.2) is 22.8 Å². The molecule has 1 aromatic rings. The molecule has 4 nitrogen and oxygen atoms in total. The molecule has 0 aliphatic rings. The van der Waals surface area contributed by atoms with E-state index < -0.39 is 0 Å². The first-order chi connectivity index (χ1) is 7.49. The topological polar surface area (TPSA) is 54.3 Å². The highest BCUT2D eigenvalue weighted by Crippen LogP contribution is 2.09. The number of hydrogen-bond donors (Lipinski definition) is 2. The van der Waals surface area contributed by atoms with Crippen LogP contribution in [0.2, 0.25) is 0 Å². The maximum atomic E-state index is 11.4. The van der Waals surface area contributed by atoms with Crippen LogP contribution < -0.4 is 10.6 Å². The largest absolute Gasteiger partial charge is 0.459 e. The van der Waals surface area contributed by atoms with Crippen molar-refractivity contribution in [1.29, 1.82) is 0 Å². The minimum absolute atomic E-state index is 0.164. The van der Waals surface area contributed by atoms with E-state index in [1.165, 1.54) is 6.26 Å². The summed E-state index contributed by atoms with van der Waals surface area (Å²) in [5, 5.41) is 6.06. The van der Waals surface area contributed by atoms with Crippen molar-refractivity contribution in [2.45, 2.75) is 20.8 Å². The number of rotatable bonds is 5. The number of nitrogens with one attached hydrogen (secondary N) is 2. The molecule has 0 radical (unpaired) electrons. The Hall–Kier alpha value is -1.29. The van der Waals surface area contributed by atoms with Crippen LogP contribution in [0.1, 0.15) is 31.3 Å². The van der Waals surface area contributed by atoms with Crippen LogP contribution in [0.25, 0.3) is 0 Å². The monoisotopic (exact) mass is 224 g/mol.